The Morgan fingerprint density at radius 3 is 2.64 bits per heavy atom. The molecule has 0 atom stereocenters. The van der Waals surface area contributed by atoms with Crippen LogP contribution < -0.4 is 4.74 Å². The molecule has 2 heterocycles. The Morgan fingerprint density at radius 2 is 1.80 bits per heavy atom. The van der Waals surface area contributed by atoms with E-state index >= 15 is 0 Å². The number of benzene rings is 2. The molecule has 0 unspecified atom stereocenters. The highest BCUT2D eigenvalue weighted by atomic mass is 19.1. The lowest BCUT2D eigenvalue weighted by Gasteiger charge is -2.09. The number of hydrogen-bond acceptors (Lipinski definition) is 4. The van der Waals surface area contributed by atoms with Crippen LogP contribution in [0.15, 0.2) is 73.1 Å². The highest BCUT2D eigenvalue weighted by molar-refractivity contribution is 5.73. The molecule has 4 aromatic rings. The van der Waals surface area contributed by atoms with Gasteiger partial charge in [0.25, 0.3) is 0 Å². The summed E-state index contributed by atoms with van der Waals surface area (Å²) in [6, 6.07) is 18.1. The van der Waals surface area contributed by atoms with Gasteiger partial charge in [-0.3, -0.25) is 4.98 Å². The second-order valence-corrected chi connectivity index (χ2v) is 5.52. The van der Waals surface area contributed by atoms with E-state index in [4.69, 9.17) is 4.74 Å². The number of rotatable bonds is 4. The van der Waals surface area contributed by atoms with E-state index in [2.05, 4.69) is 15.0 Å². The number of hydrogen-bond donors (Lipinski definition) is 0. The summed E-state index contributed by atoms with van der Waals surface area (Å²) >= 11 is 0. The van der Waals surface area contributed by atoms with Crippen LogP contribution >= 0.6 is 0 Å². The molecular weight excluding hydrogens is 317 g/mol. The van der Waals surface area contributed by atoms with Crippen molar-refractivity contribution in [1.82, 2.24) is 15.0 Å². The number of pyridine rings is 1. The van der Waals surface area contributed by atoms with E-state index < -0.39 is 5.82 Å². The van der Waals surface area contributed by atoms with E-state index in [-0.39, 0.29) is 5.75 Å². The Labute approximate surface area is 144 Å². The molecule has 0 amide bonds. The van der Waals surface area contributed by atoms with Crippen LogP contribution in [0.3, 0.4) is 0 Å². The zero-order valence-electron chi connectivity index (χ0n) is 13.3. The standard InChI is InChI=1S/C20H14FN3O/c21-16-11-15(18-12-23-17-7-4-10-22-20(17)24-18)8-9-19(16)25-13-14-5-2-1-3-6-14/h1-12H,13H2. The molecule has 0 aliphatic heterocycles. The number of nitrogens with zero attached hydrogens (tertiary/aromatic N) is 3. The van der Waals surface area contributed by atoms with Gasteiger partial charge in [0, 0.05) is 11.8 Å². The summed E-state index contributed by atoms with van der Waals surface area (Å²) in [6.07, 6.45) is 3.27. The molecule has 0 saturated carbocycles. The van der Waals surface area contributed by atoms with Crippen LogP contribution in [0.25, 0.3) is 22.4 Å². The molecule has 25 heavy (non-hydrogen) atoms. The van der Waals surface area contributed by atoms with E-state index in [1.807, 2.05) is 36.4 Å². The van der Waals surface area contributed by atoms with Crippen molar-refractivity contribution in [3.63, 3.8) is 0 Å². The average Bonchev–Trinajstić information content (AvgIpc) is 2.67. The molecule has 0 N–H and O–H groups in total. The minimum atomic E-state index is -0.434. The maximum Gasteiger partial charge on any atom is 0.178 e. The van der Waals surface area contributed by atoms with Crippen molar-refractivity contribution in [3.8, 4) is 17.0 Å². The summed E-state index contributed by atoms with van der Waals surface area (Å²) in [5.74, 6) is -0.226. The van der Waals surface area contributed by atoms with Crippen LogP contribution in [0.2, 0.25) is 0 Å². The van der Waals surface area contributed by atoms with Crippen LogP contribution in [0.4, 0.5) is 4.39 Å². The van der Waals surface area contributed by atoms with E-state index in [9.17, 15) is 4.39 Å². The smallest absolute Gasteiger partial charge is 0.178 e. The predicted molar refractivity (Wildman–Crippen MR) is 93.5 cm³/mol. The Morgan fingerprint density at radius 1 is 0.920 bits per heavy atom. The van der Waals surface area contributed by atoms with Gasteiger partial charge in [0.15, 0.2) is 17.2 Å². The Hall–Kier alpha value is -3.34. The summed E-state index contributed by atoms with van der Waals surface area (Å²) < 4.78 is 19.9. The van der Waals surface area contributed by atoms with Crippen LogP contribution in [-0.2, 0) is 6.61 Å². The zero-order chi connectivity index (χ0) is 17.1. The number of halogens is 1. The van der Waals surface area contributed by atoms with E-state index in [0.717, 1.165) is 5.56 Å². The van der Waals surface area contributed by atoms with Crippen molar-refractivity contribution >= 4 is 11.2 Å². The number of aromatic nitrogens is 3. The van der Waals surface area contributed by atoms with Crippen molar-refractivity contribution in [2.45, 2.75) is 6.61 Å². The molecular formula is C20H14FN3O. The molecule has 0 aliphatic rings. The second kappa shape index (κ2) is 6.65. The van der Waals surface area contributed by atoms with Gasteiger partial charge in [-0.15, -0.1) is 0 Å². The van der Waals surface area contributed by atoms with Gasteiger partial charge in [-0.1, -0.05) is 30.3 Å². The monoisotopic (exact) mass is 331 g/mol. The van der Waals surface area contributed by atoms with E-state index in [1.165, 1.54) is 6.07 Å². The third-order valence-electron chi connectivity index (χ3n) is 3.78. The lowest BCUT2D eigenvalue weighted by atomic mass is 10.1. The molecule has 0 spiro atoms. The zero-order valence-corrected chi connectivity index (χ0v) is 13.3. The van der Waals surface area contributed by atoms with Crippen LogP contribution in [-0.4, -0.2) is 15.0 Å². The maximum atomic E-state index is 14.4. The fourth-order valence-electron chi connectivity index (χ4n) is 2.50. The summed E-state index contributed by atoms with van der Waals surface area (Å²) in [6.45, 7) is 0.316. The largest absolute Gasteiger partial charge is 0.486 e. The second-order valence-electron chi connectivity index (χ2n) is 5.52. The SMILES string of the molecule is Fc1cc(-c2cnc3cccnc3n2)ccc1OCc1ccccc1. The third kappa shape index (κ3) is 3.30. The van der Waals surface area contributed by atoms with Crippen molar-refractivity contribution in [1.29, 1.82) is 0 Å². The normalized spacial score (nSPS) is 10.8. The fraction of sp³-hybridized carbons (Fsp3) is 0.0500. The lowest BCUT2D eigenvalue weighted by Crippen LogP contribution is -1.98. The van der Waals surface area contributed by atoms with Crippen molar-refractivity contribution in [3.05, 3.63) is 84.4 Å². The number of ether oxygens (including phenoxy) is 1. The first-order valence-corrected chi connectivity index (χ1v) is 7.84. The summed E-state index contributed by atoms with van der Waals surface area (Å²) in [5, 5.41) is 0. The molecule has 122 valence electrons. The van der Waals surface area contributed by atoms with Gasteiger partial charge in [0.05, 0.1) is 11.9 Å². The average molecular weight is 331 g/mol. The van der Waals surface area contributed by atoms with E-state index in [0.29, 0.717) is 29.0 Å². The van der Waals surface area contributed by atoms with Crippen molar-refractivity contribution < 1.29 is 9.13 Å². The summed E-state index contributed by atoms with van der Waals surface area (Å²) in [7, 11) is 0. The molecule has 0 radical (unpaired) electrons. The molecule has 0 fully saturated rings. The first-order valence-electron chi connectivity index (χ1n) is 7.84. The fourth-order valence-corrected chi connectivity index (χ4v) is 2.50. The molecule has 4 nitrogen and oxygen atoms in total. The van der Waals surface area contributed by atoms with Gasteiger partial charge in [-0.05, 0) is 35.9 Å². The van der Waals surface area contributed by atoms with Gasteiger partial charge < -0.3 is 4.74 Å². The predicted octanol–water partition coefficient (Wildman–Crippen LogP) is 4.41. The Kier molecular flexibility index (Phi) is 4.04. The van der Waals surface area contributed by atoms with Gasteiger partial charge in [-0.2, -0.15) is 0 Å². The minimum Gasteiger partial charge on any atom is -0.486 e. The quantitative estimate of drug-likeness (QED) is 0.556. The first kappa shape index (κ1) is 15.2. The highest BCUT2D eigenvalue weighted by Crippen LogP contribution is 2.25. The van der Waals surface area contributed by atoms with Crippen LogP contribution in [0.1, 0.15) is 5.56 Å². The van der Waals surface area contributed by atoms with Gasteiger partial charge in [-0.25, -0.2) is 14.4 Å². The van der Waals surface area contributed by atoms with Gasteiger partial charge in [0.2, 0.25) is 0 Å². The Balaban J connectivity index is 1.58. The van der Waals surface area contributed by atoms with Crippen LogP contribution in [0, 0.1) is 5.82 Å². The number of fused-ring (bicyclic) bond motifs is 1. The van der Waals surface area contributed by atoms with E-state index in [1.54, 1.807) is 30.6 Å². The molecule has 0 bridgehead atoms. The van der Waals surface area contributed by atoms with Gasteiger partial charge >= 0.3 is 0 Å². The minimum absolute atomic E-state index is 0.208. The molecule has 4 rings (SSSR count). The topological polar surface area (TPSA) is 47.9 Å². The molecule has 0 aliphatic carbocycles. The molecule has 2 aromatic heterocycles. The molecule has 5 heteroatoms. The molecule has 2 aromatic carbocycles. The third-order valence-corrected chi connectivity index (χ3v) is 3.78. The molecule has 0 saturated heterocycles. The maximum absolute atomic E-state index is 14.4. The van der Waals surface area contributed by atoms with Crippen molar-refractivity contribution in [2.24, 2.45) is 0 Å². The van der Waals surface area contributed by atoms with Gasteiger partial charge in [0.1, 0.15) is 12.1 Å². The first-order chi connectivity index (χ1) is 12.3. The summed E-state index contributed by atoms with van der Waals surface area (Å²) in [5.41, 5.74) is 3.42. The lowest BCUT2D eigenvalue weighted by molar-refractivity contribution is 0.290. The summed E-state index contributed by atoms with van der Waals surface area (Å²) in [4.78, 5) is 12.9. The van der Waals surface area contributed by atoms with Crippen molar-refractivity contribution in [2.75, 3.05) is 0 Å². The highest BCUT2D eigenvalue weighted by Gasteiger charge is 2.09. The van der Waals surface area contributed by atoms with Crippen LogP contribution in [0.5, 0.6) is 5.75 Å². The Bertz CT molecular complexity index is 1020.